The van der Waals surface area contributed by atoms with E-state index in [0.717, 1.165) is 0 Å². The smallest absolute Gasteiger partial charge is 0.335 e. The van der Waals surface area contributed by atoms with Gasteiger partial charge in [-0.15, -0.1) is 0 Å². The lowest BCUT2D eigenvalue weighted by Crippen LogP contribution is -2.05. The largest absolute Gasteiger partial charge is 0.484 e. The average Bonchev–Trinajstić information content (AvgIpc) is 2.73. The SMILES string of the molecule is Cn1ncnc1COc1ccc(C(=O)O)cc1Br. The summed E-state index contributed by atoms with van der Waals surface area (Å²) in [5.41, 5.74) is 0.202. The molecule has 0 fully saturated rings. The van der Waals surface area contributed by atoms with E-state index in [4.69, 9.17) is 9.84 Å². The molecule has 0 radical (unpaired) electrons. The molecule has 94 valence electrons. The van der Waals surface area contributed by atoms with Gasteiger partial charge in [0.2, 0.25) is 0 Å². The van der Waals surface area contributed by atoms with Crippen LogP contribution in [-0.2, 0) is 13.7 Å². The summed E-state index contributed by atoms with van der Waals surface area (Å²) >= 11 is 3.27. The molecule has 2 aromatic rings. The number of carboxylic acid groups (broad SMARTS) is 1. The van der Waals surface area contributed by atoms with E-state index in [-0.39, 0.29) is 12.2 Å². The molecular weight excluding hydrogens is 302 g/mol. The van der Waals surface area contributed by atoms with Crippen molar-refractivity contribution in [1.82, 2.24) is 14.8 Å². The van der Waals surface area contributed by atoms with Gasteiger partial charge in [-0.1, -0.05) is 0 Å². The first kappa shape index (κ1) is 12.6. The van der Waals surface area contributed by atoms with Crippen LogP contribution in [0.5, 0.6) is 5.75 Å². The monoisotopic (exact) mass is 311 g/mol. The van der Waals surface area contributed by atoms with Gasteiger partial charge in [0.15, 0.2) is 5.82 Å². The molecule has 0 aliphatic carbocycles. The summed E-state index contributed by atoms with van der Waals surface area (Å²) in [6.07, 6.45) is 1.45. The zero-order valence-electron chi connectivity index (χ0n) is 9.50. The van der Waals surface area contributed by atoms with Crippen LogP contribution in [0.1, 0.15) is 16.2 Å². The molecular formula is C11H10BrN3O3. The van der Waals surface area contributed by atoms with Gasteiger partial charge in [-0.05, 0) is 34.1 Å². The average molecular weight is 312 g/mol. The summed E-state index contributed by atoms with van der Waals surface area (Å²) in [5, 5.41) is 12.8. The molecule has 1 aromatic carbocycles. The highest BCUT2D eigenvalue weighted by atomic mass is 79.9. The number of halogens is 1. The molecule has 0 saturated carbocycles. The molecule has 0 bridgehead atoms. The molecule has 0 unspecified atom stereocenters. The van der Waals surface area contributed by atoms with E-state index in [1.54, 1.807) is 17.8 Å². The number of rotatable bonds is 4. The third kappa shape index (κ3) is 2.67. The van der Waals surface area contributed by atoms with Crippen molar-refractivity contribution in [2.75, 3.05) is 0 Å². The summed E-state index contributed by atoms with van der Waals surface area (Å²) in [7, 11) is 1.77. The number of hydrogen-bond donors (Lipinski definition) is 1. The second-order valence-electron chi connectivity index (χ2n) is 3.54. The topological polar surface area (TPSA) is 77.2 Å². The van der Waals surface area contributed by atoms with Crippen molar-refractivity contribution in [2.45, 2.75) is 6.61 Å². The number of carboxylic acids is 1. The lowest BCUT2D eigenvalue weighted by Gasteiger charge is -2.08. The third-order valence-electron chi connectivity index (χ3n) is 2.34. The molecule has 1 heterocycles. The summed E-state index contributed by atoms with van der Waals surface area (Å²) in [4.78, 5) is 14.8. The van der Waals surface area contributed by atoms with Crippen molar-refractivity contribution in [1.29, 1.82) is 0 Å². The molecule has 0 aliphatic rings. The fourth-order valence-electron chi connectivity index (χ4n) is 1.34. The van der Waals surface area contributed by atoms with E-state index >= 15 is 0 Å². The molecule has 0 amide bonds. The van der Waals surface area contributed by atoms with Crippen molar-refractivity contribution in [3.8, 4) is 5.75 Å². The third-order valence-corrected chi connectivity index (χ3v) is 2.96. The highest BCUT2D eigenvalue weighted by Gasteiger charge is 2.08. The van der Waals surface area contributed by atoms with Gasteiger partial charge in [-0.2, -0.15) is 5.10 Å². The number of aryl methyl sites for hydroxylation is 1. The number of hydrogen-bond acceptors (Lipinski definition) is 4. The van der Waals surface area contributed by atoms with Crippen LogP contribution in [-0.4, -0.2) is 25.8 Å². The lowest BCUT2D eigenvalue weighted by atomic mass is 10.2. The standard InChI is InChI=1S/C11H10BrN3O3/c1-15-10(13-6-14-15)5-18-9-3-2-7(11(16)17)4-8(9)12/h2-4,6H,5H2,1H3,(H,16,17). The molecule has 18 heavy (non-hydrogen) atoms. The summed E-state index contributed by atoms with van der Waals surface area (Å²) < 4.78 is 7.73. The maximum absolute atomic E-state index is 10.8. The Morgan fingerprint density at radius 1 is 1.56 bits per heavy atom. The van der Waals surface area contributed by atoms with Crippen molar-refractivity contribution < 1.29 is 14.6 Å². The van der Waals surface area contributed by atoms with Crippen LogP contribution in [0.3, 0.4) is 0 Å². The Morgan fingerprint density at radius 3 is 2.89 bits per heavy atom. The first-order valence-electron chi connectivity index (χ1n) is 5.06. The Bertz CT molecular complexity index is 583. The number of carbonyl (C=O) groups is 1. The maximum Gasteiger partial charge on any atom is 0.335 e. The first-order valence-corrected chi connectivity index (χ1v) is 5.85. The van der Waals surface area contributed by atoms with Crippen LogP contribution < -0.4 is 4.74 Å². The Morgan fingerprint density at radius 2 is 2.33 bits per heavy atom. The summed E-state index contributed by atoms with van der Waals surface area (Å²) in [6, 6.07) is 4.58. The Labute approximate surface area is 111 Å². The van der Waals surface area contributed by atoms with E-state index in [9.17, 15) is 4.79 Å². The molecule has 1 aromatic heterocycles. The van der Waals surface area contributed by atoms with E-state index in [0.29, 0.717) is 16.0 Å². The Kier molecular flexibility index (Phi) is 3.61. The van der Waals surface area contributed by atoms with Gasteiger partial charge in [0.1, 0.15) is 18.7 Å². The Balaban J connectivity index is 2.11. The number of aromatic nitrogens is 3. The van der Waals surface area contributed by atoms with Crippen molar-refractivity contribution in [3.05, 3.63) is 40.4 Å². The van der Waals surface area contributed by atoms with Gasteiger partial charge in [0, 0.05) is 7.05 Å². The van der Waals surface area contributed by atoms with Crippen LogP contribution in [0.25, 0.3) is 0 Å². The molecule has 0 aliphatic heterocycles. The molecule has 0 spiro atoms. The summed E-state index contributed by atoms with van der Waals surface area (Å²) in [5.74, 6) is 0.266. The number of benzene rings is 1. The maximum atomic E-state index is 10.8. The van der Waals surface area contributed by atoms with Crippen LogP contribution in [0.2, 0.25) is 0 Å². The van der Waals surface area contributed by atoms with Gasteiger partial charge in [-0.25, -0.2) is 9.78 Å². The van der Waals surface area contributed by atoms with Crippen LogP contribution >= 0.6 is 15.9 Å². The highest BCUT2D eigenvalue weighted by Crippen LogP contribution is 2.26. The van der Waals surface area contributed by atoms with Gasteiger partial charge in [0.05, 0.1) is 10.0 Å². The molecule has 0 saturated heterocycles. The van der Waals surface area contributed by atoms with Gasteiger partial charge in [0.25, 0.3) is 0 Å². The predicted octanol–water partition coefficient (Wildman–Crippen LogP) is 1.85. The van der Waals surface area contributed by atoms with E-state index < -0.39 is 5.97 Å². The molecule has 2 rings (SSSR count). The minimum absolute atomic E-state index is 0.202. The van der Waals surface area contributed by atoms with E-state index in [2.05, 4.69) is 26.0 Å². The lowest BCUT2D eigenvalue weighted by molar-refractivity contribution is 0.0696. The number of ether oxygens (including phenoxy) is 1. The van der Waals surface area contributed by atoms with Gasteiger partial charge in [-0.3, -0.25) is 4.68 Å². The normalized spacial score (nSPS) is 10.3. The number of nitrogens with zero attached hydrogens (tertiary/aromatic N) is 3. The molecule has 6 nitrogen and oxygen atoms in total. The van der Waals surface area contributed by atoms with Gasteiger partial charge < -0.3 is 9.84 Å². The minimum atomic E-state index is -0.976. The quantitative estimate of drug-likeness (QED) is 0.932. The van der Waals surface area contributed by atoms with Crippen LogP contribution in [0.15, 0.2) is 29.0 Å². The second kappa shape index (κ2) is 5.18. The van der Waals surface area contributed by atoms with E-state index in [1.807, 2.05) is 0 Å². The highest BCUT2D eigenvalue weighted by molar-refractivity contribution is 9.10. The molecule has 0 atom stereocenters. The van der Waals surface area contributed by atoms with Crippen molar-refractivity contribution in [2.24, 2.45) is 7.05 Å². The van der Waals surface area contributed by atoms with Crippen LogP contribution in [0.4, 0.5) is 0 Å². The predicted molar refractivity (Wildman–Crippen MR) is 66.4 cm³/mol. The zero-order chi connectivity index (χ0) is 13.1. The fourth-order valence-corrected chi connectivity index (χ4v) is 1.84. The molecule has 7 heteroatoms. The second-order valence-corrected chi connectivity index (χ2v) is 4.39. The van der Waals surface area contributed by atoms with Crippen LogP contribution in [0, 0.1) is 0 Å². The zero-order valence-corrected chi connectivity index (χ0v) is 11.1. The fraction of sp³-hybridized carbons (Fsp3) is 0.182. The van der Waals surface area contributed by atoms with Crippen molar-refractivity contribution >= 4 is 21.9 Å². The summed E-state index contributed by atoms with van der Waals surface area (Å²) in [6.45, 7) is 0.265. The first-order chi connectivity index (χ1) is 8.58. The van der Waals surface area contributed by atoms with E-state index in [1.165, 1.54) is 18.5 Å². The minimum Gasteiger partial charge on any atom is -0.484 e. The molecule has 1 N–H and O–H groups in total. The van der Waals surface area contributed by atoms with Crippen molar-refractivity contribution in [3.63, 3.8) is 0 Å². The van der Waals surface area contributed by atoms with Gasteiger partial charge >= 0.3 is 5.97 Å². The Hall–Kier alpha value is -1.89. The number of aromatic carboxylic acids is 1.